The van der Waals surface area contributed by atoms with Gasteiger partial charge in [0.1, 0.15) is 6.54 Å². The molecule has 0 unspecified atom stereocenters. The molecule has 1 aliphatic heterocycles. The van der Waals surface area contributed by atoms with Crippen LogP contribution < -0.4 is 0 Å². The number of amides is 1. The largest absolute Gasteiger partial charge is 0.466 e. The summed E-state index contributed by atoms with van der Waals surface area (Å²) in [4.78, 5) is 27.5. The van der Waals surface area contributed by atoms with Crippen LogP contribution in [-0.2, 0) is 27.3 Å². The summed E-state index contributed by atoms with van der Waals surface area (Å²) >= 11 is 6.13. The lowest BCUT2D eigenvalue weighted by Gasteiger charge is -2.41. The minimum Gasteiger partial charge on any atom is -0.466 e. The third-order valence-electron chi connectivity index (χ3n) is 5.14. The van der Waals surface area contributed by atoms with Crippen LogP contribution in [0.2, 0.25) is 5.02 Å². The van der Waals surface area contributed by atoms with Crippen LogP contribution in [0, 0.1) is 12.3 Å². The molecule has 0 bridgehead atoms. The Morgan fingerprint density at radius 1 is 1.32 bits per heavy atom. The first-order valence-electron chi connectivity index (χ1n) is 9.61. The van der Waals surface area contributed by atoms with Gasteiger partial charge < -0.3 is 9.64 Å². The van der Waals surface area contributed by atoms with E-state index in [1.165, 1.54) is 0 Å². The lowest BCUT2D eigenvalue weighted by Crippen LogP contribution is -2.52. The van der Waals surface area contributed by atoms with E-state index in [4.69, 9.17) is 16.3 Å². The fourth-order valence-corrected chi connectivity index (χ4v) is 4.05. The first-order chi connectivity index (χ1) is 13.4. The second-order valence-corrected chi connectivity index (χ2v) is 7.82. The van der Waals surface area contributed by atoms with E-state index in [9.17, 15) is 9.59 Å². The van der Waals surface area contributed by atoms with Crippen molar-refractivity contribution in [3.63, 3.8) is 0 Å². The Morgan fingerprint density at radius 2 is 2.14 bits per heavy atom. The summed E-state index contributed by atoms with van der Waals surface area (Å²) in [5.74, 6) is -0.287. The Kier molecular flexibility index (Phi) is 6.39. The highest BCUT2D eigenvalue weighted by Gasteiger charge is 2.44. The normalized spacial score (nSPS) is 19.5. The summed E-state index contributed by atoms with van der Waals surface area (Å²) in [5.41, 5.74) is 1.08. The molecule has 1 saturated heterocycles. The topological polar surface area (TPSA) is 64.4 Å². The van der Waals surface area contributed by atoms with E-state index in [0.717, 1.165) is 17.7 Å². The summed E-state index contributed by atoms with van der Waals surface area (Å²) in [6.07, 6.45) is 3.73. The molecule has 1 aromatic heterocycles. The molecular weight excluding hydrogens is 378 g/mol. The van der Waals surface area contributed by atoms with Gasteiger partial charge in [0.05, 0.1) is 17.7 Å². The number of ether oxygens (including phenoxy) is 1. The van der Waals surface area contributed by atoms with Gasteiger partial charge >= 0.3 is 5.97 Å². The highest BCUT2D eigenvalue weighted by atomic mass is 35.5. The molecule has 28 heavy (non-hydrogen) atoms. The molecule has 1 atom stereocenters. The monoisotopic (exact) mass is 403 g/mol. The van der Waals surface area contributed by atoms with E-state index >= 15 is 0 Å². The number of hydrogen-bond acceptors (Lipinski definition) is 4. The first-order valence-corrected chi connectivity index (χ1v) is 9.99. The molecule has 2 heterocycles. The van der Waals surface area contributed by atoms with Crippen molar-refractivity contribution in [2.45, 2.75) is 39.7 Å². The number of nitrogens with zero attached hydrogens (tertiary/aromatic N) is 3. The summed E-state index contributed by atoms with van der Waals surface area (Å²) in [6, 6.07) is 9.38. The SMILES string of the molecule is CCOC(=O)[C@]1(Cc2cccc(Cl)c2)CCCN(C(=O)Cn2ccc(C)n2)C1. The number of piperidine rings is 1. The zero-order chi connectivity index (χ0) is 20.1. The molecule has 0 spiro atoms. The number of carbonyl (C=O) groups is 2. The zero-order valence-electron chi connectivity index (χ0n) is 16.4. The maximum Gasteiger partial charge on any atom is 0.314 e. The second-order valence-electron chi connectivity index (χ2n) is 7.38. The Balaban J connectivity index is 1.80. The molecule has 7 heteroatoms. The third kappa shape index (κ3) is 4.73. The molecule has 1 fully saturated rings. The van der Waals surface area contributed by atoms with Crippen LogP contribution >= 0.6 is 11.6 Å². The fraction of sp³-hybridized carbons (Fsp3) is 0.476. The minimum atomic E-state index is -0.755. The average Bonchev–Trinajstić information content (AvgIpc) is 3.07. The quantitative estimate of drug-likeness (QED) is 0.694. The predicted molar refractivity (Wildman–Crippen MR) is 107 cm³/mol. The Morgan fingerprint density at radius 3 is 2.82 bits per heavy atom. The van der Waals surface area contributed by atoms with Gasteiger partial charge in [0.2, 0.25) is 5.91 Å². The summed E-state index contributed by atoms with van der Waals surface area (Å²) in [7, 11) is 0. The number of likely N-dealkylation sites (tertiary alicyclic amines) is 1. The van der Waals surface area contributed by atoms with E-state index < -0.39 is 5.41 Å². The third-order valence-corrected chi connectivity index (χ3v) is 5.38. The van der Waals surface area contributed by atoms with E-state index in [-0.39, 0.29) is 18.4 Å². The van der Waals surface area contributed by atoms with Gasteiger partial charge in [0, 0.05) is 24.3 Å². The standard InChI is InChI=1S/C21H26ClN3O3/c1-3-28-20(27)21(13-17-6-4-7-18(22)12-17)9-5-10-24(15-21)19(26)14-25-11-8-16(2)23-25/h4,6-8,11-12H,3,5,9-10,13-15H2,1-2H3/t21-/m0/s1. The highest BCUT2D eigenvalue weighted by molar-refractivity contribution is 6.30. The number of hydrogen-bond donors (Lipinski definition) is 0. The van der Waals surface area contributed by atoms with Crippen LogP contribution in [0.1, 0.15) is 31.0 Å². The van der Waals surface area contributed by atoms with E-state index in [0.29, 0.717) is 37.6 Å². The molecule has 150 valence electrons. The number of rotatable bonds is 6. The van der Waals surface area contributed by atoms with E-state index in [2.05, 4.69) is 5.10 Å². The van der Waals surface area contributed by atoms with Crippen LogP contribution in [0.15, 0.2) is 36.5 Å². The first kappa shape index (κ1) is 20.4. The number of aromatic nitrogens is 2. The second kappa shape index (κ2) is 8.78. The van der Waals surface area contributed by atoms with Gasteiger partial charge in [-0.2, -0.15) is 5.10 Å². The maximum absolute atomic E-state index is 12.9. The van der Waals surface area contributed by atoms with Crippen molar-refractivity contribution in [2.75, 3.05) is 19.7 Å². The number of carbonyl (C=O) groups excluding carboxylic acids is 2. The zero-order valence-corrected chi connectivity index (χ0v) is 17.1. The van der Waals surface area contributed by atoms with Crippen molar-refractivity contribution in [3.05, 3.63) is 52.8 Å². The Labute approximate surface area is 170 Å². The Bertz CT molecular complexity index is 851. The van der Waals surface area contributed by atoms with Gasteiger partial charge in [0.15, 0.2) is 0 Å². The average molecular weight is 404 g/mol. The predicted octanol–water partition coefficient (Wildman–Crippen LogP) is 3.26. The summed E-state index contributed by atoms with van der Waals surface area (Å²) in [5, 5.41) is 4.92. The molecule has 0 radical (unpaired) electrons. The molecular formula is C21H26ClN3O3. The molecule has 0 aliphatic carbocycles. The lowest BCUT2D eigenvalue weighted by atomic mass is 9.75. The van der Waals surface area contributed by atoms with Gasteiger partial charge in [-0.15, -0.1) is 0 Å². The van der Waals surface area contributed by atoms with Gasteiger partial charge in [0.25, 0.3) is 0 Å². The van der Waals surface area contributed by atoms with Gasteiger partial charge in [-0.1, -0.05) is 23.7 Å². The van der Waals surface area contributed by atoms with Crippen molar-refractivity contribution in [1.29, 1.82) is 0 Å². The number of benzene rings is 1. The fourth-order valence-electron chi connectivity index (χ4n) is 3.84. The van der Waals surface area contributed by atoms with Crippen LogP contribution in [-0.4, -0.2) is 46.3 Å². The molecule has 3 rings (SSSR count). The van der Waals surface area contributed by atoms with Gasteiger partial charge in [-0.05, 0) is 56.9 Å². The van der Waals surface area contributed by atoms with Gasteiger partial charge in [-0.25, -0.2) is 0 Å². The van der Waals surface area contributed by atoms with Crippen molar-refractivity contribution < 1.29 is 14.3 Å². The number of aryl methyl sites for hydroxylation is 1. The maximum atomic E-state index is 12.9. The summed E-state index contributed by atoms with van der Waals surface area (Å²) in [6.45, 7) is 5.16. The van der Waals surface area contributed by atoms with Crippen LogP contribution in [0.5, 0.6) is 0 Å². The van der Waals surface area contributed by atoms with E-state index in [1.807, 2.05) is 37.3 Å². The highest BCUT2D eigenvalue weighted by Crippen LogP contribution is 2.36. The van der Waals surface area contributed by atoms with Crippen molar-refractivity contribution in [3.8, 4) is 0 Å². The number of halogens is 1. The van der Waals surface area contributed by atoms with E-state index in [1.54, 1.807) is 22.7 Å². The Hall–Kier alpha value is -2.34. The van der Waals surface area contributed by atoms with Gasteiger partial charge in [-0.3, -0.25) is 14.3 Å². The molecule has 1 aliphatic rings. The molecule has 0 saturated carbocycles. The lowest BCUT2D eigenvalue weighted by molar-refractivity contribution is -0.161. The molecule has 1 amide bonds. The molecule has 0 N–H and O–H groups in total. The van der Waals surface area contributed by atoms with Crippen molar-refractivity contribution >= 4 is 23.5 Å². The van der Waals surface area contributed by atoms with Crippen molar-refractivity contribution in [1.82, 2.24) is 14.7 Å². The summed E-state index contributed by atoms with van der Waals surface area (Å²) < 4.78 is 7.04. The van der Waals surface area contributed by atoms with Crippen LogP contribution in [0.25, 0.3) is 0 Å². The molecule has 2 aromatic rings. The molecule has 1 aromatic carbocycles. The van der Waals surface area contributed by atoms with Crippen LogP contribution in [0.4, 0.5) is 0 Å². The minimum absolute atomic E-state index is 0.0393. The van der Waals surface area contributed by atoms with Crippen LogP contribution in [0.3, 0.4) is 0 Å². The smallest absolute Gasteiger partial charge is 0.314 e. The number of esters is 1. The van der Waals surface area contributed by atoms with Crippen molar-refractivity contribution in [2.24, 2.45) is 5.41 Å². The molecule has 6 nitrogen and oxygen atoms in total.